The lowest BCUT2D eigenvalue weighted by molar-refractivity contribution is -0.0863. The van der Waals surface area contributed by atoms with Crippen molar-refractivity contribution >= 4 is 0 Å². The van der Waals surface area contributed by atoms with Crippen molar-refractivity contribution in [2.45, 2.75) is 25.5 Å². The summed E-state index contributed by atoms with van der Waals surface area (Å²) >= 11 is 0. The molecular formula is C8H17NO2. The van der Waals surface area contributed by atoms with Crippen LogP contribution in [0.3, 0.4) is 0 Å². The van der Waals surface area contributed by atoms with Crippen LogP contribution in [0.15, 0.2) is 0 Å². The first-order valence-electron chi connectivity index (χ1n) is 4.03. The molecule has 0 aliphatic carbocycles. The Kier molecular flexibility index (Phi) is 2.87. The third kappa shape index (κ3) is 2.15. The van der Waals surface area contributed by atoms with E-state index < -0.39 is 0 Å². The summed E-state index contributed by atoms with van der Waals surface area (Å²) < 4.78 is 10.7. The van der Waals surface area contributed by atoms with Gasteiger partial charge in [0.1, 0.15) is 0 Å². The number of morpholine rings is 1. The molecule has 1 N–H and O–H groups in total. The first-order valence-corrected chi connectivity index (χ1v) is 4.03. The molecule has 3 nitrogen and oxygen atoms in total. The number of rotatable bonds is 2. The van der Waals surface area contributed by atoms with Crippen LogP contribution in [-0.2, 0) is 9.47 Å². The minimum Gasteiger partial charge on any atom is -0.383 e. The average Bonchev–Trinajstić information content (AvgIpc) is 1.94. The lowest BCUT2D eigenvalue weighted by Gasteiger charge is -2.38. The summed E-state index contributed by atoms with van der Waals surface area (Å²) in [5, 5.41) is 3.36. The highest BCUT2D eigenvalue weighted by molar-refractivity contribution is 4.88. The molecule has 1 heterocycles. The Labute approximate surface area is 68.1 Å². The SMILES string of the molecule is COCC1NCCOC1(C)C. The largest absolute Gasteiger partial charge is 0.383 e. The van der Waals surface area contributed by atoms with E-state index in [1.807, 2.05) is 0 Å². The quantitative estimate of drug-likeness (QED) is 0.632. The first-order chi connectivity index (χ1) is 5.17. The highest BCUT2D eigenvalue weighted by Gasteiger charge is 2.32. The van der Waals surface area contributed by atoms with Gasteiger partial charge >= 0.3 is 0 Å². The van der Waals surface area contributed by atoms with Crippen molar-refractivity contribution in [2.24, 2.45) is 0 Å². The Morgan fingerprint density at radius 2 is 2.36 bits per heavy atom. The predicted octanol–water partition coefficient (Wildman–Crippen LogP) is 0.400. The molecule has 0 radical (unpaired) electrons. The van der Waals surface area contributed by atoms with Crippen LogP contribution in [0.4, 0.5) is 0 Å². The van der Waals surface area contributed by atoms with Crippen LogP contribution < -0.4 is 5.32 Å². The lowest BCUT2D eigenvalue weighted by Crippen LogP contribution is -2.56. The van der Waals surface area contributed by atoms with E-state index in [4.69, 9.17) is 9.47 Å². The molecule has 1 rings (SSSR count). The monoisotopic (exact) mass is 159 g/mol. The Morgan fingerprint density at radius 3 is 2.91 bits per heavy atom. The molecule has 66 valence electrons. The van der Waals surface area contributed by atoms with Gasteiger partial charge in [0.15, 0.2) is 0 Å². The zero-order valence-corrected chi connectivity index (χ0v) is 7.52. The second kappa shape index (κ2) is 3.52. The highest BCUT2D eigenvalue weighted by Crippen LogP contribution is 2.17. The standard InChI is InChI=1S/C8H17NO2/c1-8(2)7(6-10-3)9-4-5-11-8/h7,9H,4-6H2,1-3H3. The van der Waals surface area contributed by atoms with E-state index in [0.29, 0.717) is 12.6 Å². The van der Waals surface area contributed by atoms with Crippen LogP contribution in [0.25, 0.3) is 0 Å². The van der Waals surface area contributed by atoms with Crippen LogP contribution in [0.1, 0.15) is 13.8 Å². The number of hydrogen-bond donors (Lipinski definition) is 1. The molecule has 1 unspecified atom stereocenters. The Bertz CT molecular complexity index is 123. The maximum Gasteiger partial charge on any atom is 0.0801 e. The van der Waals surface area contributed by atoms with E-state index in [2.05, 4.69) is 19.2 Å². The fourth-order valence-electron chi connectivity index (χ4n) is 1.32. The number of ether oxygens (including phenoxy) is 2. The predicted molar refractivity (Wildman–Crippen MR) is 43.7 cm³/mol. The fraction of sp³-hybridized carbons (Fsp3) is 1.00. The summed E-state index contributed by atoms with van der Waals surface area (Å²) in [6.45, 7) is 6.61. The van der Waals surface area contributed by atoms with Crippen LogP contribution in [0.5, 0.6) is 0 Å². The van der Waals surface area contributed by atoms with Crippen molar-refractivity contribution in [1.82, 2.24) is 5.32 Å². The molecule has 0 spiro atoms. The molecule has 1 atom stereocenters. The second-order valence-corrected chi connectivity index (χ2v) is 3.41. The lowest BCUT2D eigenvalue weighted by atomic mass is 9.98. The molecule has 0 aromatic rings. The van der Waals surface area contributed by atoms with E-state index in [9.17, 15) is 0 Å². The van der Waals surface area contributed by atoms with Gasteiger partial charge in [0, 0.05) is 13.7 Å². The van der Waals surface area contributed by atoms with Gasteiger partial charge in [0.25, 0.3) is 0 Å². The van der Waals surface area contributed by atoms with Crippen LogP contribution in [-0.4, -0.2) is 38.5 Å². The average molecular weight is 159 g/mol. The molecule has 1 aliphatic rings. The summed E-state index contributed by atoms with van der Waals surface area (Å²) in [5.41, 5.74) is -0.0890. The van der Waals surface area contributed by atoms with Gasteiger partial charge in [0.05, 0.1) is 24.9 Å². The molecule has 3 heteroatoms. The smallest absolute Gasteiger partial charge is 0.0801 e. The molecule has 1 saturated heterocycles. The Hall–Kier alpha value is -0.120. The van der Waals surface area contributed by atoms with Crippen LogP contribution in [0.2, 0.25) is 0 Å². The summed E-state index contributed by atoms with van der Waals surface area (Å²) in [7, 11) is 1.71. The zero-order chi connectivity index (χ0) is 8.32. The van der Waals surface area contributed by atoms with E-state index in [-0.39, 0.29) is 5.60 Å². The minimum absolute atomic E-state index is 0.0890. The molecule has 1 aliphatic heterocycles. The molecule has 0 aromatic heterocycles. The normalized spacial score (nSPS) is 30.3. The minimum atomic E-state index is -0.0890. The number of hydrogen-bond acceptors (Lipinski definition) is 3. The maximum atomic E-state index is 5.59. The van der Waals surface area contributed by atoms with Gasteiger partial charge in [0.2, 0.25) is 0 Å². The zero-order valence-electron chi connectivity index (χ0n) is 7.52. The number of nitrogens with one attached hydrogen (secondary N) is 1. The Morgan fingerprint density at radius 1 is 1.64 bits per heavy atom. The molecule has 0 aromatic carbocycles. The maximum absolute atomic E-state index is 5.59. The van der Waals surface area contributed by atoms with Gasteiger partial charge < -0.3 is 14.8 Å². The Balaban J connectivity index is 2.45. The van der Waals surface area contributed by atoms with E-state index in [1.54, 1.807) is 7.11 Å². The highest BCUT2D eigenvalue weighted by atomic mass is 16.5. The van der Waals surface area contributed by atoms with Gasteiger partial charge in [-0.2, -0.15) is 0 Å². The van der Waals surface area contributed by atoms with Gasteiger partial charge in [-0.25, -0.2) is 0 Å². The summed E-state index contributed by atoms with van der Waals surface area (Å²) in [4.78, 5) is 0. The van der Waals surface area contributed by atoms with Crippen molar-refractivity contribution in [2.75, 3.05) is 26.9 Å². The summed E-state index contributed by atoms with van der Waals surface area (Å²) in [6.07, 6.45) is 0. The van der Waals surface area contributed by atoms with Crippen molar-refractivity contribution in [1.29, 1.82) is 0 Å². The molecule has 0 saturated carbocycles. The van der Waals surface area contributed by atoms with E-state index >= 15 is 0 Å². The van der Waals surface area contributed by atoms with Crippen molar-refractivity contribution < 1.29 is 9.47 Å². The third-order valence-electron chi connectivity index (χ3n) is 2.14. The molecule has 1 fully saturated rings. The van der Waals surface area contributed by atoms with Gasteiger partial charge in [-0.05, 0) is 13.8 Å². The molecular weight excluding hydrogens is 142 g/mol. The van der Waals surface area contributed by atoms with Gasteiger partial charge in [-0.15, -0.1) is 0 Å². The second-order valence-electron chi connectivity index (χ2n) is 3.41. The molecule has 0 amide bonds. The van der Waals surface area contributed by atoms with Crippen LogP contribution in [0, 0.1) is 0 Å². The topological polar surface area (TPSA) is 30.5 Å². The summed E-state index contributed by atoms with van der Waals surface area (Å²) in [6, 6.07) is 0.321. The molecule has 0 bridgehead atoms. The van der Waals surface area contributed by atoms with Gasteiger partial charge in [-0.3, -0.25) is 0 Å². The molecule has 11 heavy (non-hydrogen) atoms. The third-order valence-corrected chi connectivity index (χ3v) is 2.14. The van der Waals surface area contributed by atoms with E-state index in [0.717, 1.165) is 13.2 Å². The van der Waals surface area contributed by atoms with E-state index in [1.165, 1.54) is 0 Å². The first kappa shape index (κ1) is 8.97. The van der Waals surface area contributed by atoms with Crippen molar-refractivity contribution in [3.05, 3.63) is 0 Å². The summed E-state index contributed by atoms with van der Waals surface area (Å²) in [5.74, 6) is 0. The van der Waals surface area contributed by atoms with Crippen molar-refractivity contribution in [3.63, 3.8) is 0 Å². The van der Waals surface area contributed by atoms with Gasteiger partial charge in [-0.1, -0.05) is 0 Å². The van der Waals surface area contributed by atoms with Crippen molar-refractivity contribution in [3.8, 4) is 0 Å². The number of methoxy groups -OCH3 is 1. The van der Waals surface area contributed by atoms with Crippen LogP contribution >= 0.6 is 0 Å². The fourth-order valence-corrected chi connectivity index (χ4v) is 1.32.